The second kappa shape index (κ2) is 5.64. The first-order chi connectivity index (χ1) is 11.1. The summed E-state index contributed by atoms with van der Waals surface area (Å²) in [5.41, 5.74) is 4.70. The number of carbonyl (C=O) groups is 1. The van der Waals surface area contributed by atoms with Crippen LogP contribution in [0, 0.1) is 19.8 Å². The van der Waals surface area contributed by atoms with E-state index in [2.05, 4.69) is 41.2 Å². The first-order valence-electron chi connectivity index (χ1n) is 8.57. The lowest BCUT2D eigenvalue weighted by Gasteiger charge is -2.26. The summed E-state index contributed by atoms with van der Waals surface area (Å²) in [5.74, 6) is 1.38. The molecule has 2 N–H and O–H groups in total. The van der Waals surface area contributed by atoms with Gasteiger partial charge in [0.1, 0.15) is 5.82 Å². The number of hydrogen-bond acceptors (Lipinski definition) is 3. The predicted octanol–water partition coefficient (Wildman–Crippen LogP) is 2.28. The predicted molar refractivity (Wildman–Crippen MR) is 90.1 cm³/mol. The number of likely N-dealkylation sites (tertiary alicyclic amines) is 1. The lowest BCUT2D eigenvalue weighted by Crippen LogP contribution is -2.38. The number of amides is 1. The van der Waals surface area contributed by atoms with Crippen molar-refractivity contribution in [3.8, 4) is 0 Å². The van der Waals surface area contributed by atoms with Gasteiger partial charge in [-0.3, -0.25) is 9.69 Å². The van der Waals surface area contributed by atoms with Crippen molar-refractivity contribution in [2.45, 2.75) is 45.7 Å². The van der Waals surface area contributed by atoms with Crippen LogP contribution in [0.2, 0.25) is 0 Å². The van der Waals surface area contributed by atoms with E-state index in [0.717, 1.165) is 55.8 Å². The maximum atomic E-state index is 12.2. The van der Waals surface area contributed by atoms with E-state index in [1.807, 2.05) is 0 Å². The summed E-state index contributed by atoms with van der Waals surface area (Å²) in [6.45, 7) is 6.81. The third-order valence-corrected chi connectivity index (χ3v) is 5.38. The van der Waals surface area contributed by atoms with Crippen molar-refractivity contribution in [1.29, 1.82) is 0 Å². The molecule has 122 valence electrons. The number of nitrogens with zero attached hydrogens (tertiary/aromatic N) is 2. The molecule has 2 saturated heterocycles. The van der Waals surface area contributed by atoms with E-state index in [9.17, 15) is 4.79 Å². The minimum Gasteiger partial charge on any atom is -0.352 e. The molecule has 23 heavy (non-hydrogen) atoms. The molecule has 1 aromatic heterocycles. The minimum absolute atomic E-state index is 0.135. The molecule has 5 heteroatoms. The Morgan fingerprint density at radius 1 is 1.26 bits per heavy atom. The number of nitrogens with one attached hydrogen (secondary N) is 2. The van der Waals surface area contributed by atoms with E-state index in [-0.39, 0.29) is 11.8 Å². The average molecular weight is 312 g/mol. The van der Waals surface area contributed by atoms with Crippen molar-refractivity contribution >= 4 is 16.9 Å². The van der Waals surface area contributed by atoms with Gasteiger partial charge in [-0.15, -0.1) is 0 Å². The molecule has 2 aliphatic heterocycles. The number of benzene rings is 1. The van der Waals surface area contributed by atoms with Gasteiger partial charge in [0.05, 0.1) is 23.5 Å². The van der Waals surface area contributed by atoms with Crippen LogP contribution in [0.25, 0.3) is 11.0 Å². The van der Waals surface area contributed by atoms with Gasteiger partial charge in [-0.2, -0.15) is 0 Å². The Balaban J connectivity index is 1.58. The van der Waals surface area contributed by atoms with Gasteiger partial charge >= 0.3 is 0 Å². The third kappa shape index (κ3) is 2.74. The zero-order valence-electron chi connectivity index (χ0n) is 13.9. The number of aromatic amines is 1. The first kappa shape index (κ1) is 14.7. The van der Waals surface area contributed by atoms with Crippen molar-refractivity contribution in [3.63, 3.8) is 0 Å². The smallest absolute Gasteiger partial charge is 0.224 e. The molecule has 2 atom stereocenters. The van der Waals surface area contributed by atoms with Crippen LogP contribution in [0.1, 0.15) is 36.2 Å². The van der Waals surface area contributed by atoms with Crippen LogP contribution in [-0.2, 0) is 11.3 Å². The minimum atomic E-state index is 0.135. The summed E-state index contributed by atoms with van der Waals surface area (Å²) in [6, 6.07) is 4.54. The monoisotopic (exact) mass is 312 g/mol. The molecule has 1 amide bonds. The van der Waals surface area contributed by atoms with Gasteiger partial charge in [0.2, 0.25) is 5.91 Å². The summed E-state index contributed by atoms with van der Waals surface area (Å²) < 4.78 is 0. The highest BCUT2D eigenvalue weighted by molar-refractivity contribution is 5.80. The quantitative estimate of drug-likeness (QED) is 0.894. The molecule has 2 fully saturated rings. The number of hydrogen-bond donors (Lipinski definition) is 2. The highest BCUT2D eigenvalue weighted by atomic mass is 16.2. The summed E-state index contributed by atoms with van der Waals surface area (Å²) >= 11 is 0. The molecule has 1 aromatic carbocycles. The normalized spacial score (nSPS) is 25.4. The maximum Gasteiger partial charge on any atom is 0.224 e. The Hall–Kier alpha value is -1.88. The highest BCUT2D eigenvalue weighted by Gasteiger charge is 2.32. The highest BCUT2D eigenvalue weighted by Crippen LogP contribution is 2.24. The first-order valence-corrected chi connectivity index (χ1v) is 8.57. The van der Waals surface area contributed by atoms with Crippen LogP contribution in [-0.4, -0.2) is 39.9 Å². The third-order valence-electron chi connectivity index (χ3n) is 5.38. The number of fused-ring (bicyclic) bond motifs is 4. The topological polar surface area (TPSA) is 61.0 Å². The molecule has 0 radical (unpaired) electrons. The van der Waals surface area contributed by atoms with Gasteiger partial charge in [-0.25, -0.2) is 4.98 Å². The fraction of sp³-hybridized carbons (Fsp3) is 0.556. The van der Waals surface area contributed by atoms with Gasteiger partial charge < -0.3 is 10.3 Å². The average Bonchev–Trinajstić information content (AvgIpc) is 2.74. The van der Waals surface area contributed by atoms with Gasteiger partial charge in [0.15, 0.2) is 0 Å². The number of aromatic nitrogens is 2. The van der Waals surface area contributed by atoms with Crippen molar-refractivity contribution in [1.82, 2.24) is 20.2 Å². The molecule has 0 saturated carbocycles. The van der Waals surface area contributed by atoms with E-state index in [1.165, 1.54) is 11.1 Å². The van der Waals surface area contributed by atoms with Crippen LogP contribution >= 0.6 is 0 Å². The number of rotatable bonds is 2. The maximum absolute atomic E-state index is 12.2. The van der Waals surface area contributed by atoms with Gasteiger partial charge in [-0.1, -0.05) is 12.5 Å². The number of aryl methyl sites for hydroxylation is 2. The molecular weight excluding hydrogens is 288 g/mol. The lowest BCUT2D eigenvalue weighted by atomic mass is 9.99. The Morgan fingerprint density at radius 2 is 2.13 bits per heavy atom. The SMILES string of the molecule is Cc1ccc2[nH]c(CN3C[C@H]4CCC[C@@H](C3)C(=O)N4)nc2c1C. The summed E-state index contributed by atoms with van der Waals surface area (Å²) in [6.07, 6.45) is 3.26. The van der Waals surface area contributed by atoms with Crippen LogP contribution in [0.4, 0.5) is 0 Å². The van der Waals surface area contributed by atoms with E-state index in [1.54, 1.807) is 0 Å². The largest absolute Gasteiger partial charge is 0.352 e. The fourth-order valence-corrected chi connectivity index (χ4v) is 3.92. The summed E-state index contributed by atoms with van der Waals surface area (Å²) in [5, 5.41) is 3.19. The van der Waals surface area contributed by atoms with Crippen molar-refractivity contribution in [3.05, 3.63) is 29.1 Å². The zero-order chi connectivity index (χ0) is 16.0. The molecule has 0 unspecified atom stereocenters. The van der Waals surface area contributed by atoms with Gasteiger partial charge in [-0.05, 0) is 43.9 Å². The standard InChI is InChI=1S/C18H24N4O/c1-11-6-7-15-17(12(11)2)21-16(20-15)10-22-8-13-4-3-5-14(9-22)19-18(13)23/h6-7,13-14H,3-5,8-10H2,1-2H3,(H,19,23)(H,20,21)/t13-,14+/m0/s1. The Kier molecular flexibility index (Phi) is 3.60. The van der Waals surface area contributed by atoms with E-state index in [0.29, 0.717) is 6.04 Å². The van der Waals surface area contributed by atoms with Crippen LogP contribution in [0.5, 0.6) is 0 Å². The number of imidazole rings is 1. The van der Waals surface area contributed by atoms with Crippen LogP contribution in [0.15, 0.2) is 12.1 Å². The lowest BCUT2D eigenvalue weighted by molar-refractivity contribution is -0.124. The van der Waals surface area contributed by atoms with Crippen molar-refractivity contribution < 1.29 is 4.79 Å². The van der Waals surface area contributed by atoms with E-state index >= 15 is 0 Å². The van der Waals surface area contributed by atoms with Crippen LogP contribution in [0.3, 0.4) is 0 Å². The molecular formula is C18H24N4O. The molecule has 0 aliphatic carbocycles. The molecule has 0 spiro atoms. The summed E-state index contributed by atoms with van der Waals surface area (Å²) in [4.78, 5) is 22.8. The zero-order valence-corrected chi connectivity index (χ0v) is 13.9. The van der Waals surface area contributed by atoms with Gasteiger partial charge in [0.25, 0.3) is 0 Å². The molecule has 4 rings (SSSR count). The molecule has 2 bridgehead atoms. The Labute approximate surface area is 136 Å². The fourth-order valence-electron chi connectivity index (χ4n) is 3.92. The Bertz CT molecular complexity index is 751. The van der Waals surface area contributed by atoms with Gasteiger partial charge in [0, 0.05) is 19.1 Å². The summed E-state index contributed by atoms with van der Waals surface area (Å²) in [7, 11) is 0. The number of H-pyrrole nitrogens is 1. The number of carbonyl (C=O) groups excluding carboxylic acids is 1. The molecule has 5 nitrogen and oxygen atoms in total. The van der Waals surface area contributed by atoms with Crippen LogP contribution < -0.4 is 5.32 Å². The van der Waals surface area contributed by atoms with E-state index in [4.69, 9.17) is 4.98 Å². The van der Waals surface area contributed by atoms with Crippen molar-refractivity contribution in [2.75, 3.05) is 13.1 Å². The second-order valence-electron chi connectivity index (χ2n) is 7.11. The molecule has 3 heterocycles. The second-order valence-corrected chi connectivity index (χ2v) is 7.11. The molecule has 2 aliphatic rings. The Morgan fingerprint density at radius 3 is 3.00 bits per heavy atom. The van der Waals surface area contributed by atoms with Crippen molar-refractivity contribution in [2.24, 2.45) is 5.92 Å². The molecule has 2 aromatic rings. The van der Waals surface area contributed by atoms with E-state index < -0.39 is 0 Å².